The molecule has 1 heterocycles. The Bertz CT molecular complexity index is 1410. The lowest BCUT2D eigenvalue weighted by Gasteiger charge is -2.22. The van der Waals surface area contributed by atoms with Gasteiger partial charge in [-0.05, 0) is 46.7 Å². The van der Waals surface area contributed by atoms with Crippen LogP contribution in [0.5, 0.6) is 5.75 Å². The molecule has 1 atom stereocenters. The Morgan fingerprint density at radius 1 is 1.00 bits per heavy atom. The minimum Gasteiger partial charge on any atom is -0.488 e. The zero-order valence-corrected chi connectivity index (χ0v) is 19.8. The molecular weight excluding hydrogens is 471 g/mol. The first-order chi connectivity index (χ1) is 16.5. The van der Waals surface area contributed by atoms with Crippen LogP contribution in [0, 0.1) is 0 Å². The Labute approximate surface area is 207 Å². The second-order valence-corrected chi connectivity index (χ2v) is 8.67. The second kappa shape index (κ2) is 9.37. The zero-order chi connectivity index (χ0) is 23.7. The number of fused-ring (bicyclic) bond motifs is 1. The normalized spacial score (nSPS) is 15.2. The molecule has 1 aliphatic heterocycles. The Morgan fingerprint density at radius 2 is 1.76 bits per heavy atom. The van der Waals surface area contributed by atoms with Crippen molar-refractivity contribution in [3.05, 3.63) is 112 Å². The van der Waals surface area contributed by atoms with Crippen LogP contribution in [0.15, 0.2) is 90.0 Å². The van der Waals surface area contributed by atoms with E-state index in [0.717, 1.165) is 16.3 Å². The summed E-state index contributed by atoms with van der Waals surface area (Å²) in [7, 11) is 0. The van der Waals surface area contributed by atoms with Gasteiger partial charge in [-0.3, -0.25) is 4.79 Å². The summed E-state index contributed by atoms with van der Waals surface area (Å²) in [4.78, 5) is 12.4. The number of carbonyl (C=O) groups excluding carboxylic acids is 1. The molecule has 4 aromatic rings. The monoisotopic (exact) mass is 490 g/mol. The Hall–Kier alpha value is -3.54. The molecule has 4 aromatic carbocycles. The highest BCUT2D eigenvalue weighted by molar-refractivity contribution is 6.36. The number of carbonyl (C=O) groups is 1. The molecule has 34 heavy (non-hydrogen) atoms. The standard InChI is InChI=1S/C27H20Cl2N2O3/c1-17(32)31-27(34-26(30-31)22-14-13-20(28)15-24(22)29)23-11-4-5-12-25(23)33-16-19-9-6-8-18-7-2-3-10-21(18)19/h2-15,27H,16H2,1H3. The van der Waals surface area contributed by atoms with Crippen LogP contribution >= 0.6 is 23.2 Å². The van der Waals surface area contributed by atoms with Crippen LogP contribution in [-0.4, -0.2) is 16.8 Å². The summed E-state index contributed by atoms with van der Waals surface area (Å²) in [6, 6.07) is 26.8. The van der Waals surface area contributed by atoms with Gasteiger partial charge in [-0.15, -0.1) is 5.10 Å². The molecule has 0 fully saturated rings. The van der Waals surface area contributed by atoms with Crippen molar-refractivity contribution in [3.8, 4) is 5.75 Å². The lowest BCUT2D eigenvalue weighted by atomic mass is 10.1. The van der Waals surface area contributed by atoms with Crippen molar-refractivity contribution < 1.29 is 14.3 Å². The van der Waals surface area contributed by atoms with Gasteiger partial charge in [0.1, 0.15) is 12.4 Å². The number of benzene rings is 4. The second-order valence-electron chi connectivity index (χ2n) is 7.83. The minimum absolute atomic E-state index is 0.241. The average molecular weight is 491 g/mol. The van der Waals surface area contributed by atoms with Crippen molar-refractivity contribution in [2.75, 3.05) is 0 Å². The summed E-state index contributed by atoms with van der Waals surface area (Å²) in [5.41, 5.74) is 2.30. The molecule has 5 nitrogen and oxygen atoms in total. The number of nitrogens with zero attached hydrogens (tertiary/aromatic N) is 2. The van der Waals surface area contributed by atoms with Gasteiger partial charge in [0.15, 0.2) is 0 Å². The van der Waals surface area contributed by atoms with E-state index in [-0.39, 0.29) is 11.8 Å². The molecule has 0 bridgehead atoms. The first-order valence-corrected chi connectivity index (χ1v) is 11.5. The quantitative estimate of drug-likeness (QED) is 0.303. The third-order valence-corrected chi connectivity index (χ3v) is 6.12. The molecule has 0 saturated carbocycles. The summed E-state index contributed by atoms with van der Waals surface area (Å²) in [5.74, 6) is 0.574. The van der Waals surface area contributed by atoms with E-state index in [1.54, 1.807) is 18.2 Å². The van der Waals surface area contributed by atoms with Crippen molar-refractivity contribution in [2.45, 2.75) is 19.8 Å². The van der Waals surface area contributed by atoms with Crippen LogP contribution in [0.1, 0.15) is 29.8 Å². The van der Waals surface area contributed by atoms with Crippen LogP contribution in [0.4, 0.5) is 0 Å². The van der Waals surface area contributed by atoms with Crippen LogP contribution in [0.3, 0.4) is 0 Å². The largest absolute Gasteiger partial charge is 0.488 e. The first kappa shape index (κ1) is 22.3. The maximum Gasteiger partial charge on any atom is 0.243 e. The predicted molar refractivity (Wildman–Crippen MR) is 134 cm³/mol. The van der Waals surface area contributed by atoms with Crippen molar-refractivity contribution in [1.29, 1.82) is 0 Å². The van der Waals surface area contributed by atoms with Crippen molar-refractivity contribution >= 4 is 45.8 Å². The SMILES string of the molecule is CC(=O)N1N=C(c2ccc(Cl)cc2Cl)OC1c1ccccc1OCc1cccc2ccccc12. The fourth-order valence-electron chi connectivity index (χ4n) is 3.93. The number of ether oxygens (including phenoxy) is 2. The number of hydrazone groups is 1. The molecule has 170 valence electrons. The highest BCUT2D eigenvalue weighted by Gasteiger charge is 2.35. The summed E-state index contributed by atoms with van der Waals surface area (Å²) >= 11 is 12.4. The van der Waals surface area contributed by atoms with Crippen molar-refractivity contribution in [1.82, 2.24) is 5.01 Å². The lowest BCUT2D eigenvalue weighted by molar-refractivity contribution is -0.135. The maximum atomic E-state index is 12.4. The van der Waals surface area contributed by atoms with E-state index >= 15 is 0 Å². The molecule has 1 unspecified atom stereocenters. The average Bonchev–Trinajstić information content (AvgIpc) is 3.28. The molecule has 0 aromatic heterocycles. The lowest BCUT2D eigenvalue weighted by Crippen LogP contribution is -2.25. The van der Waals surface area contributed by atoms with Gasteiger partial charge in [0.05, 0.1) is 16.1 Å². The van der Waals surface area contributed by atoms with Gasteiger partial charge in [0.2, 0.25) is 18.0 Å². The van der Waals surface area contributed by atoms with E-state index < -0.39 is 6.23 Å². The molecule has 5 rings (SSSR count). The highest BCUT2D eigenvalue weighted by atomic mass is 35.5. The number of amides is 1. The highest BCUT2D eigenvalue weighted by Crippen LogP contribution is 2.37. The Kier molecular flexibility index (Phi) is 6.14. The molecule has 7 heteroatoms. The van der Waals surface area contributed by atoms with Gasteiger partial charge < -0.3 is 9.47 Å². The molecule has 0 radical (unpaired) electrons. The molecule has 1 amide bonds. The van der Waals surface area contributed by atoms with Crippen LogP contribution < -0.4 is 4.74 Å². The molecular formula is C27H20Cl2N2O3. The van der Waals surface area contributed by atoms with Gasteiger partial charge in [-0.1, -0.05) is 77.8 Å². The number of halogens is 2. The van der Waals surface area contributed by atoms with Gasteiger partial charge in [-0.2, -0.15) is 5.01 Å². The summed E-state index contributed by atoms with van der Waals surface area (Å²) in [6.07, 6.45) is -0.789. The smallest absolute Gasteiger partial charge is 0.243 e. The number of para-hydroxylation sites is 1. The van der Waals surface area contributed by atoms with Crippen LogP contribution in [-0.2, 0) is 16.1 Å². The number of rotatable bonds is 5. The molecule has 0 N–H and O–H groups in total. The van der Waals surface area contributed by atoms with Gasteiger partial charge in [0, 0.05) is 11.9 Å². The predicted octanol–water partition coefficient (Wildman–Crippen LogP) is 6.96. The summed E-state index contributed by atoms with van der Waals surface area (Å²) < 4.78 is 12.4. The minimum atomic E-state index is -0.789. The Morgan fingerprint density at radius 3 is 2.59 bits per heavy atom. The van der Waals surface area contributed by atoms with Crippen molar-refractivity contribution in [3.63, 3.8) is 0 Å². The van der Waals surface area contributed by atoms with Crippen LogP contribution in [0.25, 0.3) is 10.8 Å². The van der Waals surface area contributed by atoms with Gasteiger partial charge >= 0.3 is 0 Å². The maximum absolute atomic E-state index is 12.4. The van der Waals surface area contributed by atoms with Gasteiger partial charge in [-0.25, -0.2) is 0 Å². The molecule has 0 spiro atoms. The summed E-state index contributed by atoms with van der Waals surface area (Å²) in [5, 5.41) is 8.86. The van der Waals surface area contributed by atoms with Crippen LogP contribution in [0.2, 0.25) is 10.0 Å². The van der Waals surface area contributed by atoms with Gasteiger partial charge in [0.25, 0.3) is 0 Å². The van der Waals surface area contributed by atoms with E-state index in [2.05, 4.69) is 23.3 Å². The van der Waals surface area contributed by atoms with E-state index in [9.17, 15) is 4.79 Å². The first-order valence-electron chi connectivity index (χ1n) is 10.7. The summed E-state index contributed by atoms with van der Waals surface area (Å²) in [6.45, 7) is 1.80. The Balaban J connectivity index is 1.44. The van der Waals surface area contributed by atoms with E-state index in [1.807, 2.05) is 48.5 Å². The van der Waals surface area contributed by atoms with Crippen molar-refractivity contribution in [2.24, 2.45) is 5.10 Å². The fourth-order valence-corrected chi connectivity index (χ4v) is 4.42. The number of hydrogen-bond donors (Lipinski definition) is 0. The third kappa shape index (κ3) is 4.32. The molecule has 1 aliphatic rings. The van der Waals surface area contributed by atoms with E-state index in [4.69, 9.17) is 32.7 Å². The zero-order valence-electron chi connectivity index (χ0n) is 18.2. The van der Waals surface area contributed by atoms with E-state index in [1.165, 1.54) is 11.9 Å². The third-order valence-electron chi connectivity index (χ3n) is 5.58. The molecule has 0 aliphatic carbocycles. The topological polar surface area (TPSA) is 51.1 Å². The molecule has 0 saturated heterocycles. The number of hydrogen-bond acceptors (Lipinski definition) is 4. The van der Waals surface area contributed by atoms with E-state index in [0.29, 0.717) is 33.5 Å². The fraction of sp³-hybridized carbons (Fsp3) is 0.111.